The maximum Gasteiger partial charge on any atom is 0.348 e. The molecule has 0 aliphatic rings. The molecule has 1 aromatic carbocycles. The molecule has 0 unspecified atom stereocenters. The second-order valence-corrected chi connectivity index (χ2v) is 7.68. The number of aryl methyl sites for hydroxylation is 1. The Morgan fingerprint density at radius 1 is 1.18 bits per heavy atom. The minimum atomic E-state index is -0.769. The summed E-state index contributed by atoms with van der Waals surface area (Å²) in [7, 11) is 0. The van der Waals surface area contributed by atoms with Gasteiger partial charge >= 0.3 is 5.97 Å². The number of hydrogen-bond donors (Lipinski definition) is 1. The van der Waals surface area contributed by atoms with E-state index in [1.54, 1.807) is 39.8 Å². The van der Waals surface area contributed by atoms with Crippen molar-refractivity contribution in [2.75, 3.05) is 5.32 Å². The van der Waals surface area contributed by atoms with Crippen molar-refractivity contribution in [3.8, 4) is 0 Å². The molecule has 146 valence electrons. The smallest absolute Gasteiger partial charge is 0.348 e. The Morgan fingerprint density at radius 2 is 1.86 bits per heavy atom. The maximum atomic E-state index is 13.0. The van der Waals surface area contributed by atoms with Crippen LogP contribution in [0.5, 0.6) is 0 Å². The monoisotopic (exact) mass is 399 g/mol. The molecule has 2 heterocycles. The van der Waals surface area contributed by atoms with Gasteiger partial charge in [-0.25, -0.2) is 9.78 Å². The van der Waals surface area contributed by atoms with Crippen LogP contribution < -0.4 is 10.9 Å². The number of aromatic nitrogens is 2. The molecule has 0 aliphatic carbocycles. The van der Waals surface area contributed by atoms with Crippen LogP contribution in [0.3, 0.4) is 0 Å². The van der Waals surface area contributed by atoms with E-state index in [0.29, 0.717) is 26.3 Å². The number of carbonyl (C=O) groups excluding carboxylic acids is 2. The van der Waals surface area contributed by atoms with Crippen molar-refractivity contribution in [1.82, 2.24) is 9.55 Å². The molecule has 1 amide bonds. The third-order valence-corrected chi connectivity index (χ3v) is 5.42. The summed E-state index contributed by atoms with van der Waals surface area (Å²) in [6.45, 7) is 6.85. The number of carbonyl (C=O) groups is 2. The number of amides is 1. The zero-order valence-corrected chi connectivity index (χ0v) is 16.9. The van der Waals surface area contributed by atoms with Gasteiger partial charge in [0.15, 0.2) is 0 Å². The fourth-order valence-corrected chi connectivity index (χ4v) is 3.79. The average Bonchev–Trinajstić information content (AvgIpc) is 2.99. The van der Waals surface area contributed by atoms with Crippen LogP contribution in [0, 0.1) is 6.92 Å². The van der Waals surface area contributed by atoms with Gasteiger partial charge in [-0.2, -0.15) is 0 Å². The lowest BCUT2D eigenvalue weighted by molar-refractivity contribution is -0.118. The molecule has 0 radical (unpaired) electrons. The highest BCUT2D eigenvalue weighted by Crippen LogP contribution is 2.28. The van der Waals surface area contributed by atoms with Gasteiger partial charge in [0.2, 0.25) is 5.91 Å². The number of para-hydroxylation sites is 1. The lowest BCUT2D eigenvalue weighted by Gasteiger charge is -2.15. The second kappa shape index (κ2) is 7.93. The van der Waals surface area contributed by atoms with Crippen molar-refractivity contribution in [3.05, 3.63) is 57.5 Å². The van der Waals surface area contributed by atoms with Crippen molar-refractivity contribution < 1.29 is 14.3 Å². The van der Waals surface area contributed by atoms with Crippen LogP contribution in [0.2, 0.25) is 0 Å². The van der Waals surface area contributed by atoms with Crippen molar-refractivity contribution in [3.63, 3.8) is 0 Å². The van der Waals surface area contributed by atoms with Gasteiger partial charge in [-0.05, 0) is 45.4 Å². The van der Waals surface area contributed by atoms with Gasteiger partial charge in [-0.15, -0.1) is 11.3 Å². The molecule has 2 aromatic heterocycles. The number of hydrogen-bond acceptors (Lipinski definition) is 6. The first-order valence-electron chi connectivity index (χ1n) is 8.86. The molecule has 7 nitrogen and oxygen atoms in total. The maximum absolute atomic E-state index is 13.0. The van der Waals surface area contributed by atoms with E-state index in [9.17, 15) is 14.4 Å². The minimum absolute atomic E-state index is 0.261. The highest BCUT2D eigenvalue weighted by Gasteiger charge is 2.24. The average molecular weight is 399 g/mol. The molecule has 3 rings (SSSR count). The van der Waals surface area contributed by atoms with Gasteiger partial charge in [0, 0.05) is 5.69 Å². The molecule has 0 saturated carbocycles. The number of nitrogens with zero attached hydrogens (tertiary/aromatic N) is 2. The van der Waals surface area contributed by atoms with Gasteiger partial charge in [0.05, 0.1) is 17.8 Å². The standard InChI is InChI=1S/C20H21N3O4S/c1-11(2)27-20(26)16-12(3)15-18(28-16)21-10-23(19(15)25)13(4)17(24)22-14-8-6-5-7-9-14/h5-11,13H,1-4H3,(H,22,24)/t13-/m1/s1. The molecular formula is C20H21N3O4S. The van der Waals surface area contributed by atoms with E-state index in [0.717, 1.165) is 11.3 Å². The zero-order chi connectivity index (χ0) is 20.4. The number of rotatable bonds is 5. The van der Waals surface area contributed by atoms with Crippen LogP contribution in [0.25, 0.3) is 10.2 Å². The van der Waals surface area contributed by atoms with Gasteiger partial charge in [0.25, 0.3) is 5.56 Å². The lowest BCUT2D eigenvalue weighted by Crippen LogP contribution is -2.31. The highest BCUT2D eigenvalue weighted by atomic mass is 32.1. The minimum Gasteiger partial charge on any atom is -0.459 e. The quantitative estimate of drug-likeness (QED) is 0.663. The number of anilines is 1. The first-order chi connectivity index (χ1) is 13.3. The Morgan fingerprint density at radius 3 is 2.50 bits per heavy atom. The summed E-state index contributed by atoms with van der Waals surface area (Å²) >= 11 is 1.12. The topological polar surface area (TPSA) is 90.3 Å². The Balaban J connectivity index is 1.95. The van der Waals surface area contributed by atoms with E-state index >= 15 is 0 Å². The lowest BCUT2D eigenvalue weighted by atomic mass is 10.2. The summed E-state index contributed by atoms with van der Waals surface area (Å²) in [6, 6.07) is 8.24. The third kappa shape index (κ3) is 3.82. The van der Waals surface area contributed by atoms with E-state index in [4.69, 9.17) is 4.74 Å². The third-order valence-electron chi connectivity index (χ3n) is 4.24. The van der Waals surface area contributed by atoms with Gasteiger partial charge < -0.3 is 10.1 Å². The van der Waals surface area contributed by atoms with Crippen molar-refractivity contribution >= 4 is 39.1 Å². The second-order valence-electron chi connectivity index (χ2n) is 6.68. The number of fused-ring (bicyclic) bond motifs is 1. The van der Waals surface area contributed by atoms with E-state index in [2.05, 4.69) is 10.3 Å². The summed E-state index contributed by atoms with van der Waals surface area (Å²) in [5.41, 5.74) is 0.804. The molecule has 1 atom stereocenters. The number of nitrogens with one attached hydrogen (secondary N) is 1. The predicted octanol–water partition coefficient (Wildman–Crippen LogP) is 3.53. The molecule has 28 heavy (non-hydrogen) atoms. The highest BCUT2D eigenvalue weighted by molar-refractivity contribution is 7.20. The number of thiophene rings is 1. The van der Waals surface area contributed by atoms with Crippen LogP contribution in [0.4, 0.5) is 5.69 Å². The Hall–Kier alpha value is -3.00. The first kappa shape index (κ1) is 19.8. The van der Waals surface area contributed by atoms with Crippen LogP contribution in [0.1, 0.15) is 42.0 Å². The van der Waals surface area contributed by atoms with Crippen molar-refractivity contribution in [2.24, 2.45) is 0 Å². The largest absolute Gasteiger partial charge is 0.459 e. The van der Waals surface area contributed by atoms with Crippen molar-refractivity contribution in [1.29, 1.82) is 0 Å². The summed E-state index contributed by atoms with van der Waals surface area (Å²) in [4.78, 5) is 42.9. The van der Waals surface area contributed by atoms with Gasteiger partial charge in [-0.3, -0.25) is 14.2 Å². The fourth-order valence-electron chi connectivity index (χ4n) is 2.77. The Labute approximate surface area is 166 Å². The van der Waals surface area contributed by atoms with Gasteiger partial charge in [-0.1, -0.05) is 18.2 Å². The number of ether oxygens (including phenoxy) is 1. The fraction of sp³-hybridized carbons (Fsp3) is 0.300. The van der Waals surface area contributed by atoms with Crippen LogP contribution >= 0.6 is 11.3 Å². The number of esters is 1. The van der Waals surface area contributed by atoms with E-state index in [1.165, 1.54) is 10.9 Å². The molecule has 3 aromatic rings. The molecule has 0 aliphatic heterocycles. The summed E-state index contributed by atoms with van der Waals surface area (Å²) in [5, 5.41) is 3.11. The van der Waals surface area contributed by atoms with E-state index in [-0.39, 0.29) is 17.6 Å². The molecule has 0 saturated heterocycles. The van der Waals surface area contributed by atoms with Crippen molar-refractivity contribution in [2.45, 2.75) is 39.8 Å². The molecule has 0 fully saturated rings. The number of benzene rings is 1. The SMILES string of the molecule is Cc1c(C(=O)OC(C)C)sc2ncn([C@H](C)C(=O)Nc3ccccc3)c(=O)c12. The normalized spacial score (nSPS) is 12.2. The van der Waals surface area contributed by atoms with E-state index in [1.807, 2.05) is 18.2 Å². The Kier molecular flexibility index (Phi) is 5.60. The summed E-state index contributed by atoms with van der Waals surface area (Å²) in [6.07, 6.45) is 1.08. The molecule has 1 N–H and O–H groups in total. The molecule has 8 heteroatoms. The van der Waals surface area contributed by atoms with E-state index < -0.39 is 12.0 Å². The summed E-state index contributed by atoms with van der Waals surface area (Å²) in [5.74, 6) is -0.807. The van der Waals surface area contributed by atoms with Gasteiger partial charge in [0.1, 0.15) is 15.7 Å². The molecule has 0 spiro atoms. The van der Waals surface area contributed by atoms with Crippen LogP contribution in [0.15, 0.2) is 41.5 Å². The Bertz CT molecular complexity index is 1090. The molecular weight excluding hydrogens is 378 g/mol. The molecule has 0 bridgehead atoms. The first-order valence-corrected chi connectivity index (χ1v) is 9.68. The van der Waals surface area contributed by atoms with Crippen LogP contribution in [-0.4, -0.2) is 27.5 Å². The zero-order valence-electron chi connectivity index (χ0n) is 16.1. The summed E-state index contributed by atoms with van der Waals surface area (Å²) < 4.78 is 6.52. The van der Waals surface area contributed by atoms with Crippen LogP contribution in [-0.2, 0) is 9.53 Å². The predicted molar refractivity (Wildman–Crippen MR) is 109 cm³/mol.